The summed E-state index contributed by atoms with van der Waals surface area (Å²) in [6.45, 7) is 0. The van der Waals surface area contributed by atoms with Gasteiger partial charge in [-0.3, -0.25) is 4.79 Å². The normalized spacial score (nSPS) is 15.1. The number of nitrogens with zero attached hydrogens (tertiary/aromatic N) is 2. The summed E-state index contributed by atoms with van der Waals surface area (Å²) in [5.74, 6) is 2.55. The van der Waals surface area contributed by atoms with Crippen molar-refractivity contribution in [1.29, 1.82) is 0 Å². The van der Waals surface area contributed by atoms with E-state index in [4.69, 9.17) is 5.73 Å². The van der Waals surface area contributed by atoms with Gasteiger partial charge in [0.25, 0.3) is 0 Å². The number of carbonyl (C=O) groups excluding carboxylic acids is 1. The molecule has 68 valence electrons. The molecule has 4 nitrogen and oxygen atoms in total. The van der Waals surface area contributed by atoms with E-state index < -0.39 is 0 Å². The van der Waals surface area contributed by atoms with Gasteiger partial charge in [-0.15, -0.1) is 0 Å². The van der Waals surface area contributed by atoms with Gasteiger partial charge in [-0.05, 0) is 12.2 Å². The third kappa shape index (κ3) is 1.51. The molecule has 0 radical (unpaired) electrons. The van der Waals surface area contributed by atoms with E-state index in [1.807, 2.05) is 0 Å². The summed E-state index contributed by atoms with van der Waals surface area (Å²) >= 11 is 1.80. The first kappa shape index (κ1) is 8.50. The molecule has 0 spiro atoms. The Morgan fingerprint density at radius 1 is 1.46 bits per heavy atom. The summed E-state index contributed by atoms with van der Waals surface area (Å²) < 4.78 is 0. The molecule has 1 aliphatic rings. The lowest BCUT2D eigenvalue weighted by Crippen LogP contribution is -2.12. The molecule has 13 heavy (non-hydrogen) atoms. The zero-order valence-corrected chi connectivity index (χ0v) is 7.80. The second-order valence-corrected chi connectivity index (χ2v) is 3.92. The fourth-order valence-electron chi connectivity index (χ4n) is 1.36. The Bertz CT molecular complexity index is 353. The third-order valence-corrected chi connectivity index (χ3v) is 2.95. The largest absolute Gasteiger partial charge is 0.383 e. The molecule has 1 aliphatic heterocycles. The number of hydrogen-bond acceptors (Lipinski definition) is 5. The zero-order chi connectivity index (χ0) is 9.26. The molecule has 5 heteroatoms. The van der Waals surface area contributed by atoms with Crippen LogP contribution in [0.15, 0.2) is 0 Å². The molecule has 0 aliphatic carbocycles. The van der Waals surface area contributed by atoms with Gasteiger partial charge in [-0.1, -0.05) is 0 Å². The molecular formula is C8H9N3OS. The van der Waals surface area contributed by atoms with Crippen LogP contribution in [0.25, 0.3) is 0 Å². The summed E-state index contributed by atoms with van der Waals surface area (Å²) in [5, 5.41) is 0. The van der Waals surface area contributed by atoms with E-state index in [1.54, 1.807) is 11.8 Å². The van der Waals surface area contributed by atoms with E-state index in [0.29, 0.717) is 12.1 Å². The number of nitrogens with two attached hydrogens (primary N) is 1. The van der Waals surface area contributed by atoms with Crippen molar-refractivity contribution in [3.05, 3.63) is 17.1 Å². The zero-order valence-electron chi connectivity index (χ0n) is 6.99. The van der Waals surface area contributed by atoms with Crippen LogP contribution in [0.2, 0.25) is 0 Å². The highest BCUT2D eigenvalue weighted by atomic mass is 32.2. The number of nitrogen functional groups attached to an aromatic ring is 1. The minimum atomic E-state index is 0.193. The van der Waals surface area contributed by atoms with E-state index >= 15 is 0 Å². The van der Waals surface area contributed by atoms with Crippen LogP contribution in [0.3, 0.4) is 0 Å². The Morgan fingerprint density at radius 2 is 2.31 bits per heavy atom. The highest BCUT2D eigenvalue weighted by molar-refractivity contribution is 7.98. The van der Waals surface area contributed by atoms with Gasteiger partial charge in [0, 0.05) is 11.3 Å². The molecular weight excluding hydrogens is 186 g/mol. The van der Waals surface area contributed by atoms with Crippen molar-refractivity contribution in [2.75, 3.05) is 11.5 Å². The van der Waals surface area contributed by atoms with E-state index in [1.165, 1.54) is 0 Å². The molecule has 0 atom stereocenters. The van der Waals surface area contributed by atoms with Gasteiger partial charge in [0.05, 0.1) is 5.69 Å². The van der Waals surface area contributed by atoms with Crippen molar-refractivity contribution in [1.82, 2.24) is 9.97 Å². The van der Waals surface area contributed by atoms with Gasteiger partial charge >= 0.3 is 0 Å². The van der Waals surface area contributed by atoms with Crippen LogP contribution in [0.4, 0.5) is 5.82 Å². The van der Waals surface area contributed by atoms with Crippen molar-refractivity contribution >= 4 is 23.9 Å². The lowest BCUT2D eigenvalue weighted by Gasteiger charge is -2.15. The van der Waals surface area contributed by atoms with Crippen LogP contribution < -0.4 is 5.73 Å². The lowest BCUT2D eigenvalue weighted by atomic mass is 10.1. The SMILES string of the molecule is Nc1nc(C=O)nc2c1CCSC2. The minimum Gasteiger partial charge on any atom is -0.383 e. The summed E-state index contributed by atoms with van der Waals surface area (Å²) in [5.41, 5.74) is 7.64. The number of carbonyl (C=O) groups is 1. The number of fused-ring (bicyclic) bond motifs is 1. The first-order chi connectivity index (χ1) is 6.31. The first-order valence-corrected chi connectivity index (χ1v) is 5.15. The van der Waals surface area contributed by atoms with Crippen molar-refractivity contribution in [3.63, 3.8) is 0 Å². The number of aldehydes is 1. The fraction of sp³-hybridized carbons (Fsp3) is 0.375. The number of anilines is 1. The van der Waals surface area contributed by atoms with Gasteiger partial charge in [0.1, 0.15) is 5.82 Å². The van der Waals surface area contributed by atoms with Crippen LogP contribution in [0.1, 0.15) is 21.9 Å². The van der Waals surface area contributed by atoms with E-state index in [0.717, 1.165) is 29.2 Å². The van der Waals surface area contributed by atoms with E-state index in [-0.39, 0.29) is 5.82 Å². The van der Waals surface area contributed by atoms with Gasteiger partial charge in [-0.25, -0.2) is 9.97 Å². The van der Waals surface area contributed by atoms with Crippen LogP contribution in [-0.4, -0.2) is 22.0 Å². The molecule has 0 fully saturated rings. The highest BCUT2D eigenvalue weighted by Crippen LogP contribution is 2.25. The van der Waals surface area contributed by atoms with E-state index in [2.05, 4.69) is 9.97 Å². The van der Waals surface area contributed by atoms with Crippen molar-refractivity contribution in [2.24, 2.45) is 0 Å². The average Bonchev–Trinajstić information content (AvgIpc) is 2.18. The maximum atomic E-state index is 10.5. The molecule has 0 saturated carbocycles. The molecule has 0 bridgehead atoms. The Hall–Kier alpha value is -1.10. The number of rotatable bonds is 1. The van der Waals surface area contributed by atoms with Crippen molar-refractivity contribution in [2.45, 2.75) is 12.2 Å². The lowest BCUT2D eigenvalue weighted by molar-refractivity contribution is 0.111. The smallest absolute Gasteiger partial charge is 0.194 e. The topological polar surface area (TPSA) is 68.9 Å². The predicted molar refractivity (Wildman–Crippen MR) is 51.7 cm³/mol. The highest BCUT2D eigenvalue weighted by Gasteiger charge is 2.15. The molecule has 1 aromatic heterocycles. The Labute approximate surface area is 79.9 Å². The maximum absolute atomic E-state index is 10.5. The van der Waals surface area contributed by atoms with Gasteiger partial charge in [0.2, 0.25) is 0 Å². The Morgan fingerprint density at radius 3 is 3.08 bits per heavy atom. The first-order valence-electron chi connectivity index (χ1n) is 3.99. The number of aromatic nitrogens is 2. The molecule has 0 amide bonds. The van der Waals surface area contributed by atoms with Crippen molar-refractivity contribution < 1.29 is 4.79 Å². The molecule has 1 aromatic rings. The quantitative estimate of drug-likeness (QED) is 0.667. The standard InChI is InChI=1S/C8H9N3OS/c9-8-5-1-2-13-4-6(5)10-7(3-12)11-8/h3H,1-2,4H2,(H2,9,10,11). The summed E-state index contributed by atoms with van der Waals surface area (Å²) in [4.78, 5) is 18.5. The van der Waals surface area contributed by atoms with E-state index in [9.17, 15) is 4.79 Å². The molecule has 2 rings (SSSR count). The van der Waals surface area contributed by atoms with Crippen LogP contribution in [0, 0.1) is 0 Å². The van der Waals surface area contributed by atoms with Crippen molar-refractivity contribution in [3.8, 4) is 0 Å². The Kier molecular flexibility index (Phi) is 2.18. The average molecular weight is 195 g/mol. The van der Waals surface area contributed by atoms with Gasteiger partial charge in [-0.2, -0.15) is 11.8 Å². The molecule has 2 heterocycles. The number of hydrogen-bond donors (Lipinski definition) is 1. The minimum absolute atomic E-state index is 0.193. The summed E-state index contributed by atoms with van der Waals surface area (Å²) in [6.07, 6.45) is 1.54. The van der Waals surface area contributed by atoms with Crippen LogP contribution in [0.5, 0.6) is 0 Å². The van der Waals surface area contributed by atoms with Gasteiger partial charge in [0.15, 0.2) is 12.1 Å². The summed E-state index contributed by atoms with van der Waals surface area (Å²) in [7, 11) is 0. The fourth-order valence-corrected chi connectivity index (χ4v) is 2.28. The van der Waals surface area contributed by atoms with Gasteiger partial charge < -0.3 is 5.73 Å². The van der Waals surface area contributed by atoms with Crippen LogP contribution in [-0.2, 0) is 12.2 Å². The second-order valence-electron chi connectivity index (χ2n) is 2.81. The second kappa shape index (κ2) is 3.33. The number of thioether (sulfide) groups is 1. The molecule has 0 unspecified atom stereocenters. The summed E-state index contributed by atoms with van der Waals surface area (Å²) in [6, 6.07) is 0. The Balaban J connectivity index is 2.52. The molecule has 0 aromatic carbocycles. The third-order valence-electron chi connectivity index (χ3n) is 1.98. The monoisotopic (exact) mass is 195 g/mol. The predicted octanol–water partition coefficient (Wildman–Crippen LogP) is 0.661. The molecule has 2 N–H and O–H groups in total. The molecule has 0 saturated heterocycles. The van der Waals surface area contributed by atoms with Crippen LogP contribution >= 0.6 is 11.8 Å². The maximum Gasteiger partial charge on any atom is 0.194 e.